The highest BCUT2D eigenvalue weighted by Crippen LogP contribution is 2.34. The average Bonchev–Trinajstić information content (AvgIpc) is 2.25. The van der Waals surface area contributed by atoms with Gasteiger partial charge in [-0.15, -0.1) is 0 Å². The molecule has 100 valence electrons. The van der Waals surface area contributed by atoms with Crippen molar-refractivity contribution in [3.63, 3.8) is 0 Å². The number of rotatable bonds is 3. The van der Waals surface area contributed by atoms with Crippen LogP contribution in [0.5, 0.6) is 5.75 Å². The lowest BCUT2D eigenvalue weighted by molar-refractivity contribution is 0.261. The molecule has 0 aliphatic heterocycles. The Kier molecular flexibility index (Phi) is 3.67. The van der Waals surface area contributed by atoms with Crippen LogP contribution in [0.4, 0.5) is 0 Å². The van der Waals surface area contributed by atoms with E-state index in [4.69, 9.17) is 10.5 Å². The van der Waals surface area contributed by atoms with Crippen molar-refractivity contribution in [1.29, 1.82) is 0 Å². The lowest BCUT2D eigenvalue weighted by Crippen LogP contribution is -2.37. The lowest BCUT2D eigenvalue weighted by atomic mass is 9.76. The van der Waals surface area contributed by atoms with E-state index < -0.39 is 0 Å². The molecule has 0 unspecified atom stereocenters. The second-order valence-corrected chi connectivity index (χ2v) is 6.58. The second-order valence-electron chi connectivity index (χ2n) is 6.58. The van der Waals surface area contributed by atoms with Crippen molar-refractivity contribution in [1.82, 2.24) is 0 Å². The zero-order valence-corrected chi connectivity index (χ0v) is 12.0. The van der Waals surface area contributed by atoms with Crippen LogP contribution < -0.4 is 10.5 Å². The van der Waals surface area contributed by atoms with Gasteiger partial charge < -0.3 is 10.5 Å². The van der Waals surface area contributed by atoms with E-state index in [-0.39, 0.29) is 5.41 Å². The lowest BCUT2D eigenvalue weighted by Gasteiger charge is -2.33. The molecule has 1 aromatic carbocycles. The van der Waals surface area contributed by atoms with E-state index in [0.29, 0.717) is 6.04 Å². The highest BCUT2D eigenvalue weighted by atomic mass is 16.5. The van der Waals surface area contributed by atoms with Crippen LogP contribution in [-0.2, 0) is 11.8 Å². The smallest absolute Gasteiger partial charge is 0.122 e. The molecule has 2 rings (SSSR count). The van der Waals surface area contributed by atoms with E-state index in [2.05, 4.69) is 39.0 Å². The molecule has 1 aliphatic rings. The van der Waals surface area contributed by atoms with Gasteiger partial charge in [-0.25, -0.2) is 0 Å². The van der Waals surface area contributed by atoms with Crippen LogP contribution >= 0.6 is 0 Å². The fraction of sp³-hybridized carbons (Fsp3) is 0.625. The predicted molar refractivity (Wildman–Crippen MR) is 76.1 cm³/mol. The van der Waals surface area contributed by atoms with Crippen LogP contribution in [0.3, 0.4) is 0 Å². The Balaban J connectivity index is 2.20. The Bertz CT molecular complexity index is 414. The minimum absolute atomic E-state index is 0.192. The normalized spacial score (nSPS) is 23.6. The zero-order chi connectivity index (χ0) is 13.3. The third-order valence-electron chi connectivity index (χ3n) is 3.93. The van der Waals surface area contributed by atoms with Crippen molar-refractivity contribution >= 4 is 0 Å². The first kappa shape index (κ1) is 13.4. The molecule has 0 radical (unpaired) electrons. The summed E-state index contributed by atoms with van der Waals surface area (Å²) in [6.45, 7) is 6.74. The van der Waals surface area contributed by atoms with Crippen molar-refractivity contribution in [2.24, 2.45) is 11.7 Å². The summed E-state index contributed by atoms with van der Waals surface area (Å²) in [7, 11) is 1.75. The van der Waals surface area contributed by atoms with Gasteiger partial charge in [-0.2, -0.15) is 0 Å². The average molecular weight is 247 g/mol. The molecule has 2 N–H and O–H groups in total. The fourth-order valence-corrected chi connectivity index (χ4v) is 2.67. The van der Waals surface area contributed by atoms with Crippen LogP contribution in [0.1, 0.15) is 44.7 Å². The molecule has 2 heteroatoms. The molecule has 0 heterocycles. The topological polar surface area (TPSA) is 35.2 Å². The molecule has 0 saturated heterocycles. The molecule has 0 spiro atoms. The van der Waals surface area contributed by atoms with Gasteiger partial charge in [0.1, 0.15) is 5.75 Å². The van der Waals surface area contributed by atoms with Gasteiger partial charge in [-0.3, -0.25) is 0 Å². The first-order valence-corrected chi connectivity index (χ1v) is 6.83. The maximum Gasteiger partial charge on any atom is 0.122 e. The van der Waals surface area contributed by atoms with Crippen molar-refractivity contribution < 1.29 is 4.74 Å². The summed E-state index contributed by atoms with van der Waals surface area (Å²) < 4.78 is 5.48. The Hall–Kier alpha value is -1.02. The molecular weight excluding hydrogens is 222 g/mol. The molecule has 2 nitrogen and oxygen atoms in total. The maximum absolute atomic E-state index is 5.86. The van der Waals surface area contributed by atoms with Gasteiger partial charge in [0.15, 0.2) is 0 Å². The maximum atomic E-state index is 5.86. The van der Waals surface area contributed by atoms with Gasteiger partial charge in [0.25, 0.3) is 0 Å². The van der Waals surface area contributed by atoms with Gasteiger partial charge in [0, 0.05) is 6.04 Å². The Morgan fingerprint density at radius 2 is 1.94 bits per heavy atom. The summed E-state index contributed by atoms with van der Waals surface area (Å²) >= 11 is 0. The van der Waals surface area contributed by atoms with Crippen molar-refractivity contribution in [3.05, 3.63) is 29.3 Å². The number of hydrogen-bond donors (Lipinski definition) is 1. The molecule has 0 aromatic heterocycles. The number of benzene rings is 1. The number of nitrogens with two attached hydrogens (primary N) is 1. The Labute approximate surface area is 111 Å². The van der Waals surface area contributed by atoms with Gasteiger partial charge in [0.05, 0.1) is 7.11 Å². The Morgan fingerprint density at radius 3 is 2.44 bits per heavy atom. The Morgan fingerprint density at radius 1 is 1.28 bits per heavy atom. The van der Waals surface area contributed by atoms with E-state index in [0.717, 1.165) is 30.9 Å². The monoisotopic (exact) mass is 247 g/mol. The molecular formula is C16H25NO. The minimum Gasteiger partial charge on any atom is -0.496 e. The first-order valence-electron chi connectivity index (χ1n) is 6.83. The minimum atomic E-state index is 0.192. The van der Waals surface area contributed by atoms with Crippen molar-refractivity contribution in [3.8, 4) is 5.75 Å². The van der Waals surface area contributed by atoms with E-state index in [1.54, 1.807) is 7.11 Å². The molecule has 0 amide bonds. The number of hydrogen-bond acceptors (Lipinski definition) is 2. The van der Waals surface area contributed by atoms with E-state index in [9.17, 15) is 0 Å². The predicted octanol–water partition coefficient (Wildman–Crippen LogP) is 3.27. The second kappa shape index (κ2) is 4.93. The van der Waals surface area contributed by atoms with Crippen molar-refractivity contribution in [2.75, 3.05) is 7.11 Å². The van der Waals surface area contributed by atoms with Crippen molar-refractivity contribution in [2.45, 2.75) is 51.5 Å². The summed E-state index contributed by atoms with van der Waals surface area (Å²) in [4.78, 5) is 0. The van der Waals surface area contributed by atoms with Crippen LogP contribution in [0.25, 0.3) is 0 Å². The van der Waals surface area contributed by atoms with Gasteiger partial charge in [-0.05, 0) is 47.8 Å². The van der Waals surface area contributed by atoms with E-state index in [1.165, 1.54) is 11.1 Å². The molecule has 1 aromatic rings. The first-order chi connectivity index (χ1) is 8.40. The summed E-state index contributed by atoms with van der Waals surface area (Å²) in [6.07, 6.45) is 3.41. The standard InChI is InChI=1S/C16H25NO/c1-16(2,3)13-5-6-15(18-4)12(10-13)7-11-8-14(17)9-11/h5-6,10-11,14H,7-9,17H2,1-4H3. The third kappa shape index (κ3) is 2.86. The van der Waals surface area contributed by atoms with Gasteiger partial charge >= 0.3 is 0 Å². The third-order valence-corrected chi connectivity index (χ3v) is 3.93. The fourth-order valence-electron chi connectivity index (χ4n) is 2.67. The quantitative estimate of drug-likeness (QED) is 0.889. The molecule has 0 bridgehead atoms. The summed E-state index contributed by atoms with van der Waals surface area (Å²) in [5.74, 6) is 1.76. The summed E-state index contributed by atoms with van der Waals surface area (Å²) in [6, 6.07) is 7.01. The van der Waals surface area contributed by atoms with Crippen LogP contribution in [0, 0.1) is 5.92 Å². The molecule has 18 heavy (non-hydrogen) atoms. The van der Waals surface area contributed by atoms with Gasteiger partial charge in [-0.1, -0.05) is 32.9 Å². The SMILES string of the molecule is COc1ccc(C(C)(C)C)cc1CC1CC(N)C1. The van der Waals surface area contributed by atoms with Crippen LogP contribution in [-0.4, -0.2) is 13.2 Å². The summed E-state index contributed by atoms with van der Waals surface area (Å²) in [5.41, 5.74) is 8.76. The highest BCUT2D eigenvalue weighted by Gasteiger charge is 2.27. The molecule has 0 atom stereocenters. The highest BCUT2D eigenvalue weighted by molar-refractivity contribution is 5.40. The van der Waals surface area contributed by atoms with E-state index >= 15 is 0 Å². The summed E-state index contributed by atoms with van der Waals surface area (Å²) in [5, 5.41) is 0. The molecule has 1 aliphatic carbocycles. The molecule has 1 saturated carbocycles. The molecule has 1 fully saturated rings. The largest absolute Gasteiger partial charge is 0.496 e. The number of methoxy groups -OCH3 is 1. The number of ether oxygens (including phenoxy) is 1. The zero-order valence-electron chi connectivity index (χ0n) is 12.0. The van der Waals surface area contributed by atoms with Crippen LogP contribution in [0.15, 0.2) is 18.2 Å². The van der Waals surface area contributed by atoms with Crippen LogP contribution in [0.2, 0.25) is 0 Å². The van der Waals surface area contributed by atoms with E-state index in [1.807, 2.05) is 0 Å². The van der Waals surface area contributed by atoms with Gasteiger partial charge in [0.2, 0.25) is 0 Å².